The molecule has 0 aromatic heterocycles. The standard InChI is InChI=1S/C3H8N2OS/c1-5(2)7-4-3-6/h3H,1-2H3,(H,4,6). The van der Waals surface area contributed by atoms with Gasteiger partial charge < -0.3 is 0 Å². The molecule has 4 heteroatoms. The fraction of sp³-hybridized carbons (Fsp3) is 0.667. The molecule has 0 aliphatic rings. The summed E-state index contributed by atoms with van der Waals surface area (Å²) >= 11 is 1.25. The van der Waals surface area contributed by atoms with Gasteiger partial charge >= 0.3 is 0 Å². The topological polar surface area (TPSA) is 32.3 Å². The Hall–Kier alpha value is -0.220. The van der Waals surface area contributed by atoms with Crippen LogP contribution >= 0.6 is 12.1 Å². The number of nitrogens with zero attached hydrogens (tertiary/aromatic N) is 1. The molecule has 0 aliphatic carbocycles. The van der Waals surface area contributed by atoms with Gasteiger partial charge in [0.05, 0.1) is 0 Å². The van der Waals surface area contributed by atoms with Crippen molar-refractivity contribution >= 4 is 18.5 Å². The molecule has 0 atom stereocenters. The normalized spacial score (nSPS) is 9.00. The van der Waals surface area contributed by atoms with E-state index in [1.165, 1.54) is 12.1 Å². The van der Waals surface area contributed by atoms with Gasteiger partial charge in [0.15, 0.2) is 0 Å². The summed E-state index contributed by atoms with van der Waals surface area (Å²) in [6.45, 7) is 0. The van der Waals surface area contributed by atoms with Gasteiger partial charge in [0, 0.05) is 12.1 Å². The lowest BCUT2D eigenvalue weighted by molar-refractivity contribution is -0.107. The Morgan fingerprint density at radius 2 is 2.29 bits per heavy atom. The first-order valence-electron chi connectivity index (χ1n) is 1.81. The van der Waals surface area contributed by atoms with Crippen LogP contribution in [-0.4, -0.2) is 24.8 Å². The second kappa shape index (κ2) is 3.95. The van der Waals surface area contributed by atoms with Crippen molar-refractivity contribution in [1.29, 1.82) is 0 Å². The summed E-state index contributed by atoms with van der Waals surface area (Å²) in [6.07, 6.45) is 0.644. The van der Waals surface area contributed by atoms with Gasteiger partial charge in [-0.3, -0.25) is 9.52 Å². The summed E-state index contributed by atoms with van der Waals surface area (Å²) in [7, 11) is 3.70. The van der Waals surface area contributed by atoms with Gasteiger partial charge in [0.2, 0.25) is 6.41 Å². The van der Waals surface area contributed by atoms with Crippen molar-refractivity contribution in [3.05, 3.63) is 0 Å². The minimum atomic E-state index is 0.644. The average Bonchev–Trinajstić information content (AvgIpc) is 1.61. The van der Waals surface area contributed by atoms with Crippen molar-refractivity contribution in [2.45, 2.75) is 0 Å². The molecule has 3 nitrogen and oxygen atoms in total. The smallest absolute Gasteiger partial charge is 0.217 e. The summed E-state index contributed by atoms with van der Waals surface area (Å²) in [6, 6.07) is 0. The number of hydrogen-bond acceptors (Lipinski definition) is 3. The first kappa shape index (κ1) is 6.78. The van der Waals surface area contributed by atoms with Gasteiger partial charge in [0.25, 0.3) is 0 Å². The quantitative estimate of drug-likeness (QED) is 0.415. The number of hydrogen-bond donors (Lipinski definition) is 1. The number of amides is 1. The van der Waals surface area contributed by atoms with E-state index in [1.807, 2.05) is 14.1 Å². The van der Waals surface area contributed by atoms with E-state index >= 15 is 0 Å². The molecule has 0 aromatic rings. The van der Waals surface area contributed by atoms with Crippen molar-refractivity contribution in [1.82, 2.24) is 9.03 Å². The van der Waals surface area contributed by atoms with Crippen LogP contribution in [0.5, 0.6) is 0 Å². The Bertz CT molecular complexity index is 56.9. The van der Waals surface area contributed by atoms with Gasteiger partial charge in [0.1, 0.15) is 0 Å². The molecule has 0 unspecified atom stereocenters. The van der Waals surface area contributed by atoms with Gasteiger partial charge in [-0.05, 0) is 14.1 Å². The van der Waals surface area contributed by atoms with Crippen molar-refractivity contribution in [3.8, 4) is 0 Å². The molecule has 0 rings (SSSR count). The highest BCUT2D eigenvalue weighted by Crippen LogP contribution is 1.91. The number of carbonyl (C=O) groups excluding carboxylic acids is 1. The summed E-state index contributed by atoms with van der Waals surface area (Å²) < 4.78 is 4.20. The lowest BCUT2D eigenvalue weighted by Gasteiger charge is -2.03. The van der Waals surface area contributed by atoms with Crippen molar-refractivity contribution in [2.75, 3.05) is 14.1 Å². The molecule has 1 N–H and O–H groups in total. The van der Waals surface area contributed by atoms with Crippen LogP contribution in [0.15, 0.2) is 0 Å². The molecule has 0 aliphatic heterocycles. The molecule has 0 radical (unpaired) electrons. The third-order valence-electron chi connectivity index (χ3n) is 0.283. The zero-order valence-corrected chi connectivity index (χ0v) is 5.16. The first-order valence-corrected chi connectivity index (χ1v) is 2.58. The van der Waals surface area contributed by atoms with Crippen LogP contribution in [-0.2, 0) is 4.79 Å². The van der Waals surface area contributed by atoms with Crippen molar-refractivity contribution < 1.29 is 4.79 Å². The van der Waals surface area contributed by atoms with Gasteiger partial charge in [-0.2, -0.15) is 0 Å². The van der Waals surface area contributed by atoms with E-state index in [2.05, 4.69) is 4.72 Å². The van der Waals surface area contributed by atoms with Crippen LogP contribution in [0.2, 0.25) is 0 Å². The zero-order chi connectivity index (χ0) is 5.70. The molecule has 42 valence electrons. The number of carbonyl (C=O) groups is 1. The molecule has 1 amide bonds. The number of rotatable bonds is 3. The number of nitrogens with one attached hydrogen (secondary N) is 1. The Labute approximate surface area is 47.3 Å². The molecule has 0 aromatic carbocycles. The SMILES string of the molecule is CN(C)SNC=O. The average molecular weight is 120 g/mol. The molecule has 0 bridgehead atoms. The molecular formula is C3H8N2OS. The highest BCUT2D eigenvalue weighted by atomic mass is 32.2. The van der Waals surface area contributed by atoms with E-state index < -0.39 is 0 Å². The predicted octanol–water partition coefficient (Wildman–Crippen LogP) is -0.143. The third kappa shape index (κ3) is 5.78. The lowest BCUT2D eigenvalue weighted by atomic mass is 11.3. The highest BCUT2D eigenvalue weighted by molar-refractivity contribution is 7.95. The van der Waals surface area contributed by atoms with Crippen molar-refractivity contribution in [3.63, 3.8) is 0 Å². The van der Waals surface area contributed by atoms with E-state index in [9.17, 15) is 4.79 Å². The fourth-order valence-corrected chi connectivity index (χ4v) is 0.381. The zero-order valence-electron chi connectivity index (χ0n) is 4.34. The van der Waals surface area contributed by atoms with Crippen LogP contribution in [0.3, 0.4) is 0 Å². The predicted molar refractivity (Wildman–Crippen MR) is 30.5 cm³/mol. The van der Waals surface area contributed by atoms with Crippen molar-refractivity contribution in [2.24, 2.45) is 0 Å². The van der Waals surface area contributed by atoms with Crippen LogP contribution in [0, 0.1) is 0 Å². The maximum atomic E-state index is 9.55. The summed E-state index contributed by atoms with van der Waals surface area (Å²) in [5, 5.41) is 0. The first-order chi connectivity index (χ1) is 3.27. The van der Waals surface area contributed by atoms with E-state index in [1.54, 1.807) is 4.31 Å². The molecular weight excluding hydrogens is 112 g/mol. The summed E-state index contributed by atoms with van der Waals surface area (Å²) in [5.41, 5.74) is 0. The van der Waals surface area contributed by atoms with Gasteiger partial charge in [-0.1, -0.05) is 0 Å². The fourth-order valence-electron chi connectivity index (χ4n) is 0.127. The maximum Gasteiger partial charge on any atom is 0.217 e. The summed E-state index contributed by atoms with van der Waals surface area (Å²) in [4.78, 5) is 9.55. The van der Waals surface area contributed by atoms with Gasteiger partial charge in [-0.25, -0.2) is 4.31 Å². The molecule has 0 fully saturated rings. The van der Waals surface area contributed by atoms with E-state index in [0.29, 0.717) is 6.41 Å². The summed E-state index contributed by atoms with van der Waals surface area (Å²) in [5.74, 6) is 0. The van der Waals surface area contributed by atoms with Gasteiger partial charge in [-0.15, -0.1) is 0 Å². The Kier molecular flexibility index (Phi) is 3.83. The molecule has 0 spiro atoms. The second-order valence-corrected chi connectivity index (χ2v) is 2.29. The van der Waals surface area contributed by atoms with Crippen LogP contribution in [0.1, 0.15) is 0 Å². The Morgan fingerprint density at radius 1 is 1.71 bits per heavy atom. The largest absolute Gasteiger partial charge is 0.290 e. The van der Waals surface area contributed by atoms with E-state index in [-0.39, 0.29) is 0 Å². The second-order valence-electron chi connectivity index (χ2n) is 1.14. The Balaban J connectivity index is 2.81. The van der Waals surface area contributed by atoms with Crippen LogP contribution < -0.4 is 4.72 Å². The molecule has 0 saturated carbocycles. The lowest BCUT2D eigenvalue weighted by Crippen LogP contribution is -2.09. The van der Waals surface area contributed by atoms with Crippen LogP contribution in [0.25, 0.3) is 0 Å². The minimum Gasteiger partial charge on any atom is -0.290 e. The maximum absolute atomic E-state index is 9.55. The molecule has 0 heterocycles. The monoisotopic (exact) mass is 120 g/mol. The van der Waals surface area contributed by atoms with Crippen LogP contribution in [0.4, 0.5) is 0 Å². The third-order valence-corrected chi connectivity index (χ3v) is 0.850. The highest BCUT2D eigenvalue weighted by Gasteiger charge is 1.82. The molecule has 0 saturated heterocycles. The Morgan fingerprint density at radius 3 is 2.43 bits per heavy atom. The van der Waals surface area contributed by atoms with E-state index in [4.69, 9.17) is 0 Å². The van der Waals surface area contributed by atoms with E-state index in [0.717, 1.165) is 0 Å². The molecule has 7 heavy (non-hydrogen) atoms. The minimum absolute atomic E-state index is 0.644.